The topological polar surface area (TPSA) is 61.8 Å². The molecule has 1 saturated heterocycles. The van der Waals surface area contributed by atoms with Crippen molar-refractivity contribution >= 4 is 5.91 Å². The number of hydrogen-bond acceptors (Lipinski definition) is 4. The van der Waals surface area contributed by atoms with E-state index < -0.39 is 5.82 Å². The molecule has 0 aromatic heterocycles. The van der Waals surface area contributed by atoms with E-state index >= 15 is 0 Å². The first-order chi connectivity index (χ1) is 10.6. The molecule has 1 heterocycles. The number of carbonyl (C=O) groups excluding carboxylic acids is 1. The van der Waals surface area contributed by atoms with Crippen molar-refractivity contribution in [3.05, 3.63) is 29.6 Å². The van der Waals surface area contributed by atoms with Crippen LogP contribution in [0.4, 0.5) is 4.39 Å². The van der Waals surface area contributed by atoms with E-state index in [4.69, 9.17) is 4.74 Å². The van der Waals surface area contributed by atoms with Crippen LogP contribution in [0.15, 0.2) is 18.2 Å². The van der Waals surface area contributed by atoms with E-state index in [1.54, 1.807) is 7.11 Å². The third-order valence-electron chi connectivity index (χ3n) is 3.97. The molecule has 0 saturated carbocycles. The van der Waals surface area contributed by atoms with E-state index in [1.807, 2.05) is 0 Å². The van der Waals surface area contributed by atoms with Crippen molar-refractivity contribution in [3.63, 3.8) is 0 Å². The summed E-state index contributed by atoms with van der Waals surface area (Å²) in [6.45, 7) is 4.16. The van der Waals surface area contributed by atoms with Gasteiger partial charge in [0.05, 0.1) is 12.2 Å². The summed E-state index contributed by atoms with van der Waals surface area (Å²) in [6.07, 6.45) is 2.17. The maximum absolute atomic E-state index is 12.9. The van der Waals surface area contributed by atoms with Gasteiger partial charge >= 0.3 is 0 Å². The summed E-state index contributed by atoms with van der Waals surface area (Å²) >= 11 is 0. The number of carbonyl (C=O) groups is 1. The number of ether oxygens (including phenoxy) is 1. The fourth-order valence-corrected chi connectivity index (χ4v) is 2.77. The molecule has 2 rings (SSSR count). The lowest BCUT2D eigenvalue weighted by Crippen LogP contribution is -2.42. The highest BCUT2D eigenvalue weighted by Crippen LogP contribution is 2.19. The van der Waals surface area contributed by atoms with Gasteiger partial charge in [-0.1, -0.05) is 0 Å². The molecule has 22 heavy (non-hydrogen) atoms. The second kappa shape index (κ2) is 8.10. The molecule has 1 amide bonds. The Labute approximate surface area is 130 Å². The number of nitrogens with one attached hydrogen (secondary N) is 1. The number of nitrogens with zero attached hydrogens (tertiary/aromatic N) is 1. The minimum atomic E-state index is -0.560. The SMILES string of the molecule is COCCN1CCC[C@@H](CNC(=O)c2ccc(F)cc2O)C1. The van der Waals surface area contributed by atoms with Gasteiger partial charge in [0.2, 0.25) is 0 Å². The normalized spacial score (nSPS) is 19.1. The van der Waals surface area contributed by atoms with Gasteiger partial charge < -0.3 is 20.1 Å². The van der Waals surface area contributed by atoms with Crippen molar-refractivity contribution in [2.75, 3.05) is 39.9 Å². The van der Waals surface area contributed by atoms with Gasteiger partial charge in [0, 0.05) is 32.8 Å². The molecular weight excluding hydrogens is 287 g/mol. The van der Waals surface area contributed by atoms with Gasteiger partial charge in [0.15, 0.2) is 0 Å². The molecule has 2 N–H and O–H groups in total. The van der Waals surface area contributed by atoms with Crippen LogP contribution in [0.5, 0.6) is 5.75 Å². The Kier molecular flexibility index (Phi) is 6.15. The lowest BCUT2D eigenvalue weighted by Gasteiger charge is -2.32. The molecular formula is C16H23FN2O3. The predicted molar refractivity (Wildman–Crippen MR) is 81.4 cm³/mol. The smallest absolute Gasteiger partial charge is 0.255 e. The predicted octanol–water partition coefficient (Wildman–Crippen LogP) is 1.62. The minimum Gasteiger partial charge on any atom is -0.507 e. The Morgan fingerprint density at radius 2 is 2.36 bits per heavy atom. The van der Waals surface area contributed by atoms with Crippen molar-refractivity contribution in [1.29, 1.82) is 0 Å². The third kappa shape index (κ3) is 4.68. The van der Waals surface area contributed by atoms with Crippen LogP contribution >= 0.6 is 0 Å². The van der Waals surface area contributed by atoms with Crippen LogP contribution in [0, 0.1) is 11.7 Å². The van der Waals surface area contributed by atoms with Gasteiger partial charge in [-0.3, -0.25) is 4.79 Å². The minimum absolute atomic E-state index is 0.105. The average Bonchev–Trinajstić information content (AvgIpc) is 2.51. The number of phenolic OH excluding ortho intramolecular Hbond substituents is 1. The van der Waals surface area contributed by atoms with E-state index in [1.165, 1.54) is 12.1 Å². The molecule has 5 nitrogen and oxygen atoms in total. The molecule has 122 valence electrons. The fraction of sp³-hybridized carbons (Fsp3) is 0.562. The summed E-state index contributed by atoms with van der Waals surface area (Å²) in [7, 11) is 1.69. The van der Waals surface area contributed by atoms with E-state index in [9.17, 15) is 14.3 Å². The van der Waals surface area contributed by atoms with E-state index in [0.717, 1.165) is 38.5 Å². The van der Waals surface area contributed by atoms with Crippen LogP contribution in [0.25, 0.3) is 0 Å². The number of hydrogen-bond donors (Lipinski definition) is 2. The molecule has 0 spiro atoms. The van der Waals surface area contributed by atoms with Gasteiger partial charge in [0.25, 0.3) is 5.91 Å². The fourth-order valence-electron chi connectivity index (χ4n) is 2.77. The number of halogens is 1. The Bertz CT molecular complexity index is 510. The largest absolute Gasteiger partial charge is 0.507 e. The van der Waals surface area contributed by atoms with Crippen LogP contribution in [0.2, 0.25) is 0 Å². The number of likely N-dealkylation sites (tertiary alicyclic amines) is 1. The molecule has 1 aliphatic rings. The standard InChI is InChI=1S/C16H23FN2O3/c1-22-8-7-19-6-2-3-12(11-19)10-18-16(21)14-5-4-13(17)9-15(14)20/h4-5,9,12,20H,2-3,6-8,10-11H2,1H3,(H,18,21)/t12-/m0/s1. The summed E-state index contributed by atoms with van der Waals surface area (Å²) in [6, 6.07) is 3.41. The van der Waals surface area contributed by atoms with E-state index in [-0.39, 0.29) is 17.2 Å². The van der Waals surface area contributed by atoms with Crippen molar-refractivity contribution in [2.45, 2.75) is 12.8 Å². The second-order valence-corrected chi connectivity index (χ2v) is 5.67. The zero-order valence-corrected chi connectivity index (χ0v) is 12.8. The molecule has 1 aromatic carbocycles. The number of phenols is 1. The van der Waals surface area contributed by atoms with Crippen molar-refractivity contribution in [1.82, 2.24) is 10.2 Å². The Morgan fingerprint density at radius 3 is 3.09 bits per heavy atom. The zero-order chi connectivity index (χ0) is 15.9. The Balaban J connectivity index is 1.82. The maximum atomic E-state index is 12.9. The Hall–Kier alpha value is -1.66. The quantitative estimate of drug-likeness (QED) is 0.838. The molecule has 1 fully saturated rings. The van der Waals surface area contributed by atoms with Crippen LogP contribution in [-0.2, 0) is 4.74 Å². The van der Waals surface area contributed by atoms with Crippen molar-refractivity contribution < 1.29 is 19.0 Å². The first-order valence-electron chi connectivity index (χ1n) is 7.58. The number of aromatic hydroxyl groups is 1. The number of amides is 1. The lowest BCUT2D eigenvalue weighted by atomic mass is 9.98. The molecule has 1 atom stereocenters. The number of benzene rings is 1. The highest BCUT2D eigenvalue weighted by atomic mass is 19.1. The monoisotopic (exact) mass is 310 g/mol. The summed E-state index contributed by atoms with van der Waals surface area (Å²) in [5.41, 5.74) is 0.105. The summed E-state index contributed by atoms with van der Waals surface area (Å²) in [5.74, 6) is -0.873. The first kappa shape index (κ1) is 16.7. The molecule has 6 heteroatoms. The lowest BCUT2D eigenvalue weighted by molar-refractivity contribution is 0.0910. The van der Waals surface area contributed by atoms with E-state index in [2.05, 4.69) is 10.2 Å². The van der Waals surface area contributed by atoms with Crippen LogP contribution in [0.1, 0.15) is 23.2 Å². The zero-order valence-electron chi connectivity index (χ0n) is 12.8. The number of piperidine rings is 1. The van der Waals surface area contributed by atoms with Gasteiger partial charge in [0.1, 0.15) is 11.6 Å². The third-order valence-corrected chi connectivity index (χ3v) is 3.97. The summed E-state index contributed by atoms with van der Waals surface area (Å²) in [5, 5.41) is 12.4. The molecule has 0 aliphatic carbocycles. The Morgan fingerprint density at radius 1 is 1.55 bits per heavy atom. The number of methoxy groups -OCH3 is 1. The summed E-state index contributed by atoms with van der Waals surface area (Å²) < 4.78 is 18.0. The van der Waals surface area contributed by atoms with Gasteiger partial charge in [-0.2, -0.15) is 0 Å². The molecule has 1 aromatic rings. The van der Waals surface area contributed by atoms with Crippen LogP contribution in [-0.4, -0.2) is 55.8 Å². The van der Waals surface area contributed by atoms with Crippen molar-refractivity contribution in [2.24, 2.45) is 5.92 Å². The van der Waals surface area contributed by atoms with Gasteiger partial charge in [-0.25, -0.2) is 4.39 Å². The second-order valence-electron chi connectivity index (χ2n) is 5.67. The highest BCUT2D eigenvalue weighted by Gasteiger charge is 2.21. The highest BCUT2D eigenvalue weighted by molar-refractivity contribution is 5.96. The molecule has 0 unspecified atom stereocenters. The van der Waals surface area contributed by atoms with Crippen molar-refractivity contribution in [3.8, 4) is 5.75 Å². The summed E-state index contributed by atoms with van der Waals surface area (Å²) in [4.78, 5) is 14.4. The van der Waals surface area contributed by atoms with Gasteiger partial charge in [-0.05, 0) is 37.4 Å². The van der Waals surface area contributed by atoms with Crippen LogP contribution < -0.4 is 5.32 Å². The number of rotatable bonds is 6. The van der Waals surface area contributed by atoms with E-state index in [0.29, 0.717) is 19.1 Å². The first-order valence-corrected chi connectivity index (χ1v) is 7.58. The maximum Gasteiger partial charge on any atom is 0.255 e. The van der Waals surface area contributed by atoms with Gasteiger partial charge in [-0.15, -0.1) is 0 Å². The van der Waals surface area contributed by atoms with Crippen LogP contribution in [0.3, 0.4) is 0 Å². The molecule has 1 aliphatic heterocycles. The molecule has 0 bridgehead atoms. The molecule has 0 radical (unpaired) electrons. The average molecular weight is 310 g/mol.